The summed E-state index contributed by atoms with van der Waals surface area (Å²) in [6.07, 6.45) is 3.17. The fraction of sp³-hybridized carbons (Fsp3) is 0.0909. The van der Waals surface area contributed by atoms with Crippen molar-refractivity contribution in [3.63, 3.8) is 0 Å². The Morgan fingerprint density at radius 3 is 2.69 bits per heavy atom. The highest BCUT2D eigenvalue weighted by molar-refractivity contribution is 8.18. The zero-order chi connectivity index (χ0) is 22.7. The average molecular weight is 471 g/mol. The van der Waals surface area contributed by atoms with Crippen LogP contribution in [-0.2, 0) is 4.79 Å². The highest BCUT2D eigenvalue weighted by Gasteiger charge is 2.34. The van der Waals surface area contributed by atoms with Gasteiger partial charge in [0.1, 0.15) is 5.82 Å². The summed E-state index contributed by atoms with van der Waals surface area (Å²) in [5.41, 5.74) is 1.51. The van der Waals surface area contributed by atoms with E-state index in [-0.39, 0.29) is 29.5 Å². The third-order valence-corrected chi connectivity index (χ3v) is 5.70. The third-order valence-electron chi connectivity index (χ3n) is 4.56. The van der Waals surface area contributed by atoms with E-state index in [2.05, 4.69) is 10.4 Å². The number of halogens is 2. The number of carbonyl (C=O) groups is 3. The maximum atomic E-state index is 13.0. The van der Waals surface area contributed by atoms with Crippen molar-refractivity contribution in [2.75, 3.05) is 13.1 Å². The second kappa shape index (κ2) is 9.37. The number of nitrogens with zero attached hydrogens (tertiary/aromatic N) is 3. The van der Waals surface area contributed by atoms with E-state index in [1.54, 1.807) is 36.5 Å². The molecule has 7 nitrogen and oxygen atoms in total. The Balaban J connectivity index is 1.34. The first-order chi connectivity index (χ1) is 15.4. The number of hydrogen-bond acceptors (Lipinski definition) is 5. The molecule has 1 saturated heterocycles. The van der Waals surface area contributed by atoms with E-state index in [9.17, 15) is 18.8 Å². The van der Waals surface area contributed by atoms with Crippen molar-refractivity contribution in [2.45, 2.75) is 0 Å². The predicted molar refractivity (Wildman–Crippen MR) is 120 cm³/mol. The maximum Gasteiger partial charge on any atom is 0.293 e. The Morgan fingerprint density at radius 2 is 1.94 bits per heavy atom. The summed E-state index contributed by atoms with van der Waals surface area (Å²) in [6, 6.07) is 14.2. The SMILES string of the molecule is O=C(NCCN1C(=O)SC(=Cc2ccc(F)cc2)C1=O)c1ccn(-c2cccc(Cl)c2)n1. The predicted octanol–water partition coefficient (Wildman–Crippen LogP) is 4.13. The van der Waals surface area contributed by atoms with Crippen molar-refractivity contribution < 1.29 is 18.8 Å². The first kappa shape index (κ1) is 21.8. The van der Waals surface area contributed by atoms with E-state index in [1.165, 1.54) is 35.0 Å². The first-order valence-electron chi connectivity index (χ1n) is 9.51. The Bertz CT molecular complexity index is 1230. The van der Waals surface area contributed by atoms with Crippen LogP contribution in [0.1, 0.15) is 16.1 Å². The molecule has 2 heterocycles. The standard InChI is InChI=1S/C22H16ClFN4O3S/c23-15-2-1-3-17(13-15)28-10-8-18(26-28)20(29)25-9-11-27-21(30)19(32-22(27)31)12-14-4-6-16(24)7-5-14/h1-8,10,12-13H,9,11H2,(H,25,29). The van der Waals surface area contributed by atoms with Gasteiger partial charge in [0, 0.05) is 24.3 Å². The monoisotopic (exact) mass is 470 g/mol. The molecular formula is C22H16ClFN4O3S. The van der Waals surface area contributed by atoms with Crippen LogP contribution in [0.5, 0.6) is 0 Å². The van der Waals surface area contributed by atoms with Gasteiger partial charge in [0.05, 0.1) is 10.6 Å². The Morgan fingerprint density at radius 1 is 1.16 bits per heavy atom. The number of nitrogens with one attached hydrogen (secondary N) is 1. The molecule has 0 spiro atoms. The average Bonchev–Trinajstić information content (AvgIpc) is 3.36. The molecule has 1 aromatic heterocycles. The fourth-order valence-electron chi connectivity index (χ4n) is 2.98. The number of carbonyl (C=O) groups excluding carboxylic acids is 3. The number of amides is 3. The summed E-state index contributed by atoms with van der Waals surface area (Å²) >= 11 is 6.78. The lowest BCUT2D eigenvalue weighted by atomic mass is 10.2. The minimum Gasteiger partial charge on any atom is -0.349 e. The lowest BCUT2D eigenvalue weighted by molar-refractivity contribution is -0.122. The van der Waals surface area contributed by atoms with Gasteiger partial charge in [-0.1, -0.05) is 29.8 Å². The zero-order valence-electron chi connectivity index (χ0n) is 16.5. The molecule has 2 aromatic carbocycles. The number of rotatable bonds is 6. The van der Waals surface area contributed by atoms with Crippen LogP contribution in [0, 0.1) is 5.82 Å². The fourth-order valence-corrected chi connectivity index (χ4v) is 4.03. The Hall–Kier alpha value is -3.43. The van der Waals surface area contributed by atoms with Crippen molar-refractivity contribution in [2.24, 2.45) is 0 Å². The number of aromatic nitrogens is 2. The van der Waals surface area contributed by atoms with Crippen molar-refractivity contribution in [1.82, 2.24) is 20.0 Å². The topological polar surface area (TPSA) is 84.3 Å². The van der Waals surface area contributed by atoms with Gasteiger partial charge in [0.25, 0.3) is 17.1 Å². The molecule has 0 saturated carbocycles. The van der Waals surface area contributed by atoms with Crippen molar-refractivity contribution >= 4 is 46.5 Å². The summed E-state index contributed by atoms with van der Waals surface area (Å²) in [5, 5.41) is 7.00. The van der Waals surface area contributed by atoms with Crippen LogP contribution in [0.2, 0.25) is 5.02 Å². The van der Waals surface area contributed by atoms with Crippen LogP contribution < -0.4 is 5.32 Å². The van der Waals surface area contributed by atoms with Crippen LogP contribution in [0.3, 0.4) is 0 Å². The van der Waals surface area contributed by atoms with Gasteiger partial charge in [0.2, 0.25) is 0 Å². The van der Waals surface area contributed by atoms with Gasteiger partial charge in [-0.15, -0.1) is 0 Å². The Labute approximate surface area is 191 Å². The van der Waals surface area contributed by atoms with Crippen LogP contribution >= 0.6 is 23.4 Å². The van der Waals surface area contributed by atoms with Crippen molar-refractivity contribution in [1.29, 1.82) is 0 Å². The Kier molecular flexibility index (Phi) is 6.38. The highest BCUT2D eigenvalue weighted by atomic mass is 35.5. The van der Waals surface area contributed by atoms with E-state index in [4.69, 9.17) is 11.6 Å². The van der Waals surface area contributed by atoms with Crippen molar-refractivity contribution in [3.8, 4) is 5.69 Å². The molecule has 0 unspecified atom stereocenters. The minimum absolute atomic E-state index is 0.0200. The normalized spacial score (nSPS) is 14.9. The lowest BCUT2D eigenvalue weighted by Crippen LogP contribution is -2.37. The van der Waals surface area contributed by atoms with Gasteiger partial charge >= 0.3 is 0 Å². The molecule has 0 aliphatic carbocycles. The van der Waals surface area contributed by atoms with Gasteiger partial charge < -0.3 is 5.32 Å². The zero-order valence-corrected chi connectivity index (χ0v) is 18.1. The van der Waals surface area contributed by atoms with Gasteiger partial charge in [-0.2, -0.15) is 5.10 Å². The number of imide groups is 1. The first-order valence-corrected chi connectivity index (χ1v) is 10.7. The summed E-state index contributed by atoms with van der Waals surface area (Å²) in [6.45, 7) is 0.0941. The largest absolute Gasteiger partial charge is 0.349 e. The molecule has 162 valence electrons. The van der Waals surface area contributed by atoms with E-state index in [1.807, 2.05) is 0 Å². The molecule has 4 rings (SSSR count). The maximum absolute atomic E-state index is 13.0. The smallest absolute Gasteiger partial charge is 0.293 e. The summed E-state index contributed by atoms with van der Waals surface area (Å²) < 4.78 is 14.6. The minimum atomic E-state index is -0.455. The van der Waals surface area contributed by atoms with E-state index in [0.717, 1.165) is 16.7 Å². The van der Waals surface area contributed by atoms with Gasteiger partial charge in [-0.25, -0.2) is 9.07 Å². The molecule has 1 N–H and O–H groups in total. The molecule has 1 fully saturated rings. The summed E-state index contributed by atoms with van der Waals surface area (Å²) in [5.74, 6) is -1.27. The van der Waals surface area contributed by atoms with Crippen molar-refractivity contribution in [3.05, 3.63) is 87.8 Å². The molecule has 1 aliphatic rings. The molecule has 0 radical (unpaired) electrons. The van der Waals surface area contributed by atoms with Gasteiger partial charge in [-0.05, 0) is 59.8 Å². The van der Waals surface area contributed by atoms with E-state index < -0.39 is 17.1 Å². The summed E-state index contributed by atoms with van der Waals surface area (Å²) in [4.78, 5) is 38.4. The van der Waals surface area contributed by atoms with Crippen LogP contribution in [0.15, 0.2) is 65.7 Å². The molecule has 3 aromatic rings. The number of benzene rings is 2. The van der Waals surface area contributed by atoms with Crippen LogP contribution in [0.25, 0.3) is 11.8 Å². The second-order valence-corrected chi connectivity index (χ2v) is 8.20. The molecule has 32 heavy (non-hydrogen) atoms. The summed E-state index contributed by atoms with van der Waals surface area (Å²) in [7, 11) is 0. The third kappa shape index (κ3) is 4.90. The second-order valence-electron chi connectivity index (χ2n) is 6.77. The van der Waals surface area contributed by atoms with Crippen LogP contribution in [0.4, 0.5) is 9.18 Å². The molecular weight excluding hydrogens is 455 g/mol. The molecule has 0 bridgehead atoms. The van der Waals surface area contributed by atoms with Crippen LogP contribution in [-0.4, -0.2) is 44.8 Å². The number of hydrogen-bond donors (Lipinski definition) is 1. The van der Waals surface area contributed by atoms with E-state index in [0.29, 0.717) is 16.3 Å². The lowest BCUT2D eigenvalue weighted by Gasteiger charge is -2.12. The highest BCUT2D eigenvalue weighted by Crippen LogP contribution is 2.31. The quantitative estimate of drug-likeness (QED) is 0.547. The van der Waals surface area contributed by atoms with E-state index >= 15 is 0 Å². The van der Waals surface area contributed by atoms with Gasteiger partial charge in [0.15, 0.2) is 5.69 Å². The molecule has 0 atom stereocenters. The van der Waals surface area contributed by atoms with Gasteiger partial charge in [-0.3, -0.25) is 19.3 Å². The molecule has 10 heteroatoms. The number of thioether (sulfide) groups is 1. The molecule has 3 amide bonds. The molecule has 1 aliphatic heterocycles.